The summed E-state index contributed by atoms with van der Waals surface area (Å²) < 4.78 is 0. The van der Waals surface area contributed by atoms with Gasteiger partial charge in [0, 0.05) is 11.4 Å². The van der Waals surface area contributed by atoms with Crippen molar-refractivity contribution in [2.75, 3.05) is 5.32 Å². The lowest BCUT2D eigenvalue weighted by Gasteiger charge is -2.09. The molecule has 6 heteroatoms. The summed E-state index contributed by atoms with van der Waals surface area (Å²) in [7, 11) is 0. The van der Waals surface area contributed by atoms with Crippen LogP contribution in [0.1, 0.15) is 36.2 Å². The summed E-state index contributed by atoms with van der Waals surface area (Å²) in [6.45, 7) is 3.71. The first-order valence-corrected chi connectivity index (χ1v) is 8.34. The van der Waals surface area contributed by atoms with Crippen LogP contribution in [0.3, 0.4) is 0 Å². The number of benzene rings is 2. The molecular weight excluding hydrogens is 338 g/mol. The number of carbonyl (C=O) groups excluding carboxylic acids is 2. The van der Waals surface area contributed by atoms with E-state index in [0.717, 1.165) is 17.7 Å². The van der Waals surface area contributed by atoms with Crippen LogP contribution < -0.4 is 10.7 Å². The Balaban J connectivity index is 1.93. The van der Waals surface area contributed by atoms with Crippen molar-refractivity contribution in [2.24, 2.45) is 5.10 Å². The number of hydrogen-bond acceptors (Lipinski definition) is 3. The fourth-order valence-electron chi connectivity index (χ4n) is 2.27. The van der Waals surface area contributed by atoms with Crippen molar-refractivity contribution in [3.8, 4) is 0 Å². The predicted molar refractivity (Wildman–Crippen MR) is 101 cm³/mol. The molecule has 0 bridgehead atoms. The molecule has 0 aliphatic rings. The van der Waals surface area contributed by atoms with E-state index in [-0.39, 0.29) is 12.3 Å². The standard InChI is InChI=1S/C19H20ClN3O2/c1-3-14-8-4-7-11-17(14)21-18(24)12-13(2)22-23-19(25)15-9-5-6-10-16(15)20/h4-11H,3,12H2,1-2H3,(H,21,24)(H,23,25). The largest absolute Gasteiger partial charge is 0.326 e. The summed E-state index contributed by atoms with van der Waals surface area (Å²) in [6.07, 6.45) is 0.915. The van der Waals surface area contributed by atoms with Gasteiger partial charge in [-0.2, -0.15) is 5.10 Å². The van der Waals surface area contributed by atoms with Crippen molar-refractivity contribution in [2.45, 2.75) is 26.7 Å². The van der Waals surface area contributed by atoms with Gasteiger partial charge in [-0.3, -0.25) is 9.59 Å². The zero-order valence-electron chi connectivity index (χ0n) is 14.2. The Hall–Kier alpha value is -2.66. The molecule has 2 amide bonds. The quantitative estimate of drug-likeness (QED) is 0.605. The van der Waals surface area contributed by atoms with Crippen LogP contribution in [-0.2, 0) is 11.2 Å². The van der Waals surface area contributed by atoms with Gasteiger partial charge >= 0.3 is 0 Å². The smallest absolute Gasteiger partial charge is 0.272 e. The third kappa shape index (κ3) is 5.43. The van der Waals surface area contributed by atoms with Crippen LogP contribution in [0.4, 0.5) is 5.69 Å². The Labute approximate surface area is 152 Å². The molecule has 0 saturated carbocycles. The Bertz CT molecular complexity index is 803. The maximum atomic E-state index is 12.1. The summed E-state index contributed by atoms with van der Waals surface area (Å²) in [5.74, 6) is -0.601. The number of rotatable bonds is 6. The minimum atomic E-state index is -0.415. The van der Waals surface area contributed by atoms with Crippen LogP contribution in [0, 0.1) is 0 Å². The van der Waals surface area contributed by atoms with Gasteiger partial charge in [0.2, 0.25) is 5.91 Å². The van der Waals surface area contributed by atoms with Crippen LogP contribution in [0.15, 0.2) is 53.6 Å². The molecule has 0 aliphatic carbocycles. The highest BCUT2D eigenvalue weighted by Crippen LogP contribution is 2.16. The average Bonchev–Trinajstić information content (AvgIpc) is 2.60. The molecule has 5 nitrogen and oxygen atoms in total. The lowest BCUT2D eigenvalue weighted by atomic mass is 10.1. The second-order valence-electron chi connectivity index (χ2n) is 5.50. The second kappa shape index (κ2) is 8.99. The van der Waals surface area contributed by atoms with Gasteiger partial charge < -0.3 is 5.32 Å². The summed E-state index contributed by atoms with van der Waals surface area (Å²) >= 11 is 5.96. The minimum Gasteiger partial charge on any atom is -0.326 e. The first-order chi connectivity index (χ1) is 12.0. The first-order valence-electron chi connectivity index (χ1n) is 7.97. The fraction of sp³-hybridized carbons (Fsp3) is 0.211. The summed E-state index contributed by atoms with van der Waals surface area (Å²) in [6, 6.07) is 14.3. The van der Waals surface area contributed by atoms with Crippen LogP contribution >= 0.6 is 11.6 Å². The molecule has 0 unspecified atom stereocenters. The molecule has 0 fully saturated rings. The molecule has 0 atom stereocenters. The van der Waals surface area contributed by atoms with Crippen molar-refractivity contribution in [1.29, 1.82) is 0 Å². The molecule has 0 radical (unpaired) electrons. The molecule has 130 valence electrons. The van der Waals surface area contributed by atoms with E-state index < -0.39 is 5.91 Å². The van der Waals surface area contributed by atoms with Gasteiger partial charge in [-0.25, -0.2) is 5.43 Å². The van der Waals surface area contributed by atoms with E-state index in [4.69, 9.17) is 11.6 Å². The maximum absolute atomic E-state index is 12.1. The van der Waals surface area contributed by atoms with Crippen molar-refractivity contribution < 1.29 is 9.59 Å². The molecule has 0 aliphatic heterocycles. The summed E-state index contributed by atoms with van der Waals surface area (Å²) in [5.41, 5.74) is 5.11. The van der Waals surface area contributed by atoms with Crippen molar-refractivity contribution >= 4 is 34.8 Å². The van der Waals surface area contributed by atoms with E-state index in [2.05, 4.69) is 15.8 Å². The monoisotopic (exact) mass is 357 g/mol. The van der Waals surface area contributed by atoms with Gasteiger partial charge in [-0.1, -0.05) is 48.9 Å². The van der Waals surface area contributed by atoms with Gasteiger partial charge in [-0.15, -0.1) is 0 Å². The van der Waals surface area contributed by atoms with Gasteiger partial charge in [0.15, 0.2) is 0 Å². The fourth-order valence-corrected chi connectivity index (χ4v) is 2.49. The minimum absolute atomic E-state index is 0.0842. The third-order valence-corrected chi connectivity index (χ3v) is 3.89. The number of halogens is 1. The van der Waals surface area contributed by atoms with Crippen molar-refractivity contribution in [3.05, 3.63) is 64.7 Å². The van der Waals surface area contributed by atoms with E-state index in [1.54, 1.807) is 31.2 Å². The topological polar surface area (TPSA) is 70.6 Å². The number of amides is 2. The van der Waals surface area contributed by atoms with Gasteiger partial charge in [0.25, 0.3) is 5.91 Å². The number of nitrogens with zero attached hydrogens (tertiary/aromatic N) is 1. The van der Waals surface area contributed by atoms with E-state index in [1.165, 1.54) is 0 Å². The van der Waals surface area contributed by atoms with E-state index in [0.29, 0.717) is 16.3 Å². The van der Waals surface area contributed by atoms with Crippen LogP contribution in [0.5, 0.6) is 0 Å². The number of carbonyl (C=O) groups is 2. The van der Waals surface area contributed by atoms with Crippen molar-refractivity contribution in [3.63, 3.8) is 0 Å². The highest BCUT2D eigenvalue weighted by atomic mass is 35.5. The lowest BCUT2D eigenvalue weighted by molar-refractivity contribution is -0.115. The highest BCUT2D eigenvalue weighted by molar-refractivity contribution is 6.33. The summed E-state index contributed by atoms with van der Waals surface area (Å²) in [4.78, 5) is 24.2. The Morgan fingerprint density at radius 2 is 1.76 bits per heavy atom. The third-order valence-electron chi connectivity index (χ3n) is 3.56. The number of aryl methyl sites for hydroxylation is 1. The molecule has 2 N–H and O–H groups in total. The molecule has 2 aromatic carbocycles. The second-order valence-corrected chi connectivity index (χ2v) is 5.91. The first kappa shape index (κ1) is 18.7. The van der Waals surface area contributed by atoms with E-state index in [1.807, 2.05) is 31.2 Å². The van der Waals surface area contributed by atoms with Crippen LogP contribution in [0.25, 0.3) is 0 Å². The van der Waals surface area contributed by atoms with E-state index >= 15 is 0 Å². The molecule has 0 spiro atoms. The Kier molecular flexibility index (Phi) is 6.71. The molecule has 2 rings (SSSR count). The lowest BCUT2D eigenvalue weighted by Crippen LogP contribution is -2.22. The zero-order chi connectivity index (χ0) is 18.2. The molecule has 2 aromatic rings. The SMILES string of the molecule is CCc1ccccc1NC(=O)CC(C)=NNC(=O)c1ccccc1Cl. The number of hydrazone groups is 1. The summed E-state index contributed by atoms with van der Waals surface area (Å²) in [5, 5.41) is 7.18. The zero-order valence-corrected chi connectivity index (χ0v) is 14.9. The normalized spacial score (nSPS) is 11.1. The highest BCUT2D eigenvalue weighted by Gasteiger charge is 2.10. The van der Waals surface area contributed by atoms with Gasteiger partial charge in [-0.05, 0) is 37.1 Å². The number of anilines is 1. The van der Waals surface area contributed by atoms with E-state index in [9.17, 15) is 9.59 Å². The Morgan fingerprint density at radius 3 is 2.48 bits per heavy atom. The number of nitrogens with one attached hydrogen (secondary N) is 2. The van der Waals surface area contributed by atoms with Crippen LogP contribution in [0.2, 0.25) is 5.02 Å². The number of hydrogen-bond donors (Lipinski definition) is 2. The predicted octanol–water partition coefficient (Wildman–Crippen LogP) is 4.04. The number of para-hydroxylation sites is 1. The van der Waals surface area contributed by atoms with Gasteiger partial charge in [0.05, 0.1) is 17.0 Å². The molecular formula is C19H20ClN3O2. The Morgan fingerprint density at radius 1 is 1.08 bits per heavy atom. The maximum Gasteiger partial charge on any atom is 0.272 e. The molecule has 0 saturated heterocycles. The average molecular weight is 358 g/mol. The molecule has 0 heterocycles. The van der Waals surface area contributed by atoms with Crippen molar-refractivity contribution in [1.82, 2.24) is 5.43 Å². The molecule has 0 aromatic heterocycles. The van der Waals surface area contributed by atoms with Gasteiger partial charge in [0.1, 0.15) is 0 Å². The molecule has 25 heavy (non-hydrogen) atoms. The van der Waals surface area contributed by atoms with Crippen LogP contribution in [-0.4, -0.2) is 17.5 Å².